The summed E-state index contributed by atoms with van der Waals surface area (Å²) in [5.74, 6) is 0.248. The van der Waals surface area contributed by atoms with Crippen molar-refractivity contribution in [2.75, 3.05) is 27.2 Å². The van der Waals surface area contributed by atoms with Gasteiger partial charge in [0.15, 0.2) is 0 Å². The third-order valence-corrected chi connectivity index (χ3v) is 5.76. The van der Waals surface area contributed by atoms with Gasteiger partial charge in [-0.1, -0.05) is 18.5 Å². The molecule has 0 spiro atoms. The molecule has 1 aromatic heterocycles. The third kappa shape index (κ3) is 2.76. The largest absolute Gasteiger partial charge is 0.326 e. The molecule has 8 heteroatoms. The average Bonchev–Trinajstić information content (AvgIpc) is 2.75. The summed E-state index contributed by atoms with van der Waals surface area (Å²) in [6.45, 7) is 2.93. The molecule has 1 saturated heterocycles. The Morgan fingerprint density at radius 3 is 2.55 bits per heavy atom. The number of aromatic amines is 1. The number of nitrogens with one attached hydrogen (secondary N) is 1. The van der Waals surface area contributed by atoms with Crippen LogP contribution >= 0.6 is 11.6 Å². The van der Waals surface area contributed by atoms with E-state index in [0.29, 0.717) is 13.1 Å². The van der Waals surface area contributed by atoms with Crippen molar-refractivity contribution in [2.24, 2.45) is 5.92 Å². The van der Waals surface area contributed by atoms with E-state index < -0.39 is 15.6 Å². The zero-order chi connectivity index (χ0) is 15.1. The molecule has 0 bridgehead atoms. The summed E-state index contributed by atoms with van der Waals surface area (Å²) in [6.07, 6.45) is 1.19. The Bertz CT molecular complexity index is 656. The molecule has 1 fully saturated rings. The van der Waals surface area contributed by atoms with Gasteiger partial charge in [0.1, 0.15) is 5.02 Å². The SMILES string of the molecule is CC1CN(S(=O)(=O)c2c[nH]c(=O)c(Cl)c2)CC1N(C)C. The van der Waals surface area contributed by atoms with Gasteiger partial charge in [-0.05, 0) is 26.1 Å². The van der Waals surface area contributed by atoms with E-state index in [1.807, 2.05) is 25.9 Å². The van der Waals surface area contributed by atoms with Crippen LogP contribution in [0.3, 0.4) is 0 Å². The molecule has 1 aliphatic heterocycles. The number of H-pyrrole nitrogens is 1. The normalized spacial score (nSPS) is 24.4. The third-order valence-electron chi connectivity index (χ3n) is 3.67. The van der Waals surface area contributed by atoms with Crippen molar-refractivity contribution in [3.63, 3.8) is 0 Å². The van der Waals surface area contributed by atoms with E-state index in [2.05, 4.69) is 4.98 Å². The van der Waals surface area contributed by atoms with Gasteiger partial charge in [0.2, 0.25) is 10.0 Å². The maximum atomic E-state index is 12.5. The lowest BCUT2D eigenvalue weighted by molar-refractivity contribution is 0.263. The van der Waals surface area contributed by atoms with Gasteiger partial charge in [0, 0.05) is 25.3 Å². The molecular weight excluding hydrogens is 302 g/mol. The van der Waals surface area contributed by atoms with Crippen molar-refractivity contribution in [3.8, 4) is 0 Å². The van der Waals surface area contributed by atoms with Crippen molar-refractivity contribution in [1.82, 2.24) is 14.2 Å². The van der Waals surface area contributed by atoms with Crippen LogP contribution in [0.4, 0.5) is 0 Å². The zero-order valence-electron chi connectivity index (χ0n) is 11.6. The molecule has 20 heavy (non-hydrogen) atoms. The van der Waals surface area contributed by atoms with Crippen molar-refractivity contribution in [1.29, 1.82) is 0 Å². The van der Waals surface area contributed by atoms with Crippen LogP contribution in [0.5, 0.6) is 0 Å². The Labute approximate surface area is 123 Å². The number of sulfonamides is 1. The van der Waals surface area contributed by atoms with Gasteiger partial charge in [0.05, 0.1) is 4.90 Å². The molecule has 6 nitrogen and oxygen atoms in total. The van der Waals surface area contributed by atoms with E-state index >= 15 is 0 Å². The first-order valence-electron chi connectivity index (χ1n) is 6.28. The van der Waals surface area contributed by atoms with Crippen LogP contribution in [0.25, 0.3) is 0 Å². The molecule has 1 N–H and O–H groups in total. The van der Waals surface area contributed by atoms with Crippen LogP contribution in [-0.4, -0.2) is 55.8 Å². The van der Waals surface area contributed by atoms with Crippen molar-refractivity contribution in [3.05, 3.63) is 27.6 Å². The van der Waals surface area contributed by atoms with Crippen molar-refractivity contribution < 1.29 is 8.42 Å². The second-order valence-electron chi connectivity index (χ2n) is 5.34. The van der Waals surface area contributed by atoms with Crippen molar-refractivity contribution in [2.45, 2.75) is 17.9 Å². The molecular formula is C12H18ClN3O3S. The second kappa shape index (κ2) is 5.48. The summed E-state index contributed by atoms with van der Waals surface area (Å²) in [4.78, 5) is 15.6. The quantitative estimate of drug-likeness (QED) is 0.885. The van der Waals surface area contributed by atoms with Crippen LogP contribution in [0.15, 0.2) is 22.0 Å². The Morgan fingerprint density at radius 2 is 2.05 bits per heavy atom. The summed E-state index contributed by atoms with van der Waals surface area (Å²) < 4.78 is 26.5. The van der Waals surface area contributed by atoms with E-state index in [0.717, 1.165) is 0 Å². The highest BCUT2D eigenvalue weighted by Gasteiger charge is 2.38. The van der Waals surface area contributed by atoms with Gasteiger partial charge in [-0.15, -0.1) is 0 Å². The molecule has 1 aliphatic rings. The molecule has 0 amide bonds. The lowest BCUT2D eigenvalue weighted by atomic mass is 10.1. The highest BCUT2D eigenvalue weighted by atomic mass is 35.5. The maximum absolute atomic E-state index is 12.5. The predicted molar refractivity (Wildman–Crippen MR) is 77.5 cm³/mol. The Balaban J connectivity index is 2.32. The summed E-state index contributed by atoms with van der Waals surface area (Å²) in [5.41, 5.74) is -0.494. The molecule has 2 atom stereocenters. The molecule has 0 saturated carbocycles. The molecule has 0 aromatic carbocycles. The fourth-order valence-electron chi connectivity index (χ4n) is 2.51. The molecule has 0 radical (unpaired) electrons. The number of aromatic nitrogens is 1. The van der Waals surface area contributed by atoms with Crippen LogP contribution in [-0.2, 0) is 10.0 Å². The standard InChI is InChI=1S/C12H18ClN3O3S/c1-8-6-16(7-11(8)15(2)3)20(18,19)9-4-10(13)12(17)14-5-9/h4-5,8,11H,6-7H2,1-3H3,(H,14,17). The molecule has 2 heterocycles. The second-order valence-corrected chi connectivity index (χ2v) is 7.69. The first-order chi connectivity index (χ1) is 9.23. The van der Waals surface area contributed by atoms with Gasteiger partial charge in [-0.25, -0.2) is 8.42 Å². The number of halogens is 1. The van der Waals surface area contributed by atoms with Crippen LogP contribution in [0.2, 0.25) is 5.02 Å². The summed E-state index contributed by atoms with van der Waals surface area (Å²) in [5, 5.41) is -0.123. The highest BCUT2D eigenvalue weighted by molar-refractivity contribution is 7.89. The Morgan fingerprint density at radius 1 is 1.40 bits per heavy atom. The Hall–Kier alpha value is -0.890. The van der Waals surface area contributed by atoms with Crippen LogP contribution < -0.4 is 5.56 Å². The number of hydrogen-bond acceptors (Lipinski definition) is 4. The van der Waals surface area contributed by atoms with Gasteiger partial charge in [-0.2, -0.15) is 4.31 Å². The topological polar surface area (TPSA) is 73.5 Å². The molecule has 1 aromatic rings. The lowest BCUT2D eigenvalue weighted by Crippen LogP contribution is -2.35. The van der Waals surface area contributed by atoms with Gasteiger partial charge >= 0.3 is 0 Å². The van der Waals surface area contributed by atoms with E-state index in [1.165, 1.54) is 16.6 Å². The molecule has 2 unspecified atom stereocenters. The number of pyridine rings is 1. The van der Waals surface area contributed by atoms with Gasteiger partial charge in [0.25, 0.3) is 5.56 Å². The smallest absolute Gasteiger partial charge is 0.266 e. The van der Waals surface area contributed by atoms with E-state index in [-0.39, 0.29) is 21.9 Å². The first-order valence-corrected chi connectivity index (χ1v) is 8.10. The first kappa shape index (κ1) is 15.5. The molecule has 0 aliphatic carbocycles. The predicted octanol–water partition coefficient (Wildman–Crippen LogP) is 0.599. The van der Waals surface area contributed by atoms with E-state index in [1.54, 1.807) is 0 Å². The maximum Gasteiger partial charge on any atom is 0.266 e. The van der Waals surface area contributed by atoms with Gasteiger partial charge < -0.3 is 9.88 Å². The van der Waals surface area contributed by atoms with E-state index in [9.17, 15) is 13.2 Å². The minimum Gasteiger partial charge on any atom is -0.326 e. The zero-order valence-corrected chi connectivity index (χ0v) is 13.2. The minimum atomic E-state index is -3.63. The summed E-state index contributed by atoms with van der Waals surface area (Å²) in [7, 11) is 0.252. The highest BCUT2D eigenvalue weighted by Crippen LogP contribution is 2.26. The fourth-order valence-corrected chi connectivity index (χ4v) is 4.30. The minimum absolute atomic E-state index is 0.0220. The average molecular weight is 320 g/mol. The molecule has 112 valence electrons. The lowest BCUT2D eigenvalue weighted by Gasteiger charge is -2.22. The number of nitrogens with zero attached hydrogens (tertiary/aromatic N) is 2. The Kier molecular flexibility index (Phi) is 4.24. The van der Waals surface area contributed by atoms with E-state index in [4.69, 9.17) is 11.6 Å². The number of hydrogen-bond donors (Lipinski definition) is 1. The summed E-state index contributed by atoms with van der Waals surface area (Å²) in [6, 6.07) is 1.38. The van der Waals surface area contributed by atoms with Crippen LogP contribution in [0.1, 0.15) is 6.92 Å². The fraction of sp³-hybridized carbons (Fsp3) is 0.583. The number of rotatable bonds is 3. The molecule has 2 rings (SSSR count). The van der Waals surface area contributed by atoms with Gasteiger partial charge in [-0.3, -0.25) is 4.79 Å². The van der Waals surface area contributed by atoms with Crippen molar-refractivity contribution >= 4 is 21.6 Å². The number of likely N-dealkylation sites (N-methyl/N-ethyl adjacent to an activating group) is 1. The monoisotopic (exact) mass is 319 g/mol. The van der Waals surface area contributed by atoms with Crippen LogP contribution in [0, 0.1) is 5.92 Å². The summed E-state index contributed by atoms with van der Waals surface area (Å²) >= 11 is 5.70.